The van der Waals surface area contributed by atoms with Crippen LogP contribution in [0.1, 0.15) is 10.4 Å². The summed E-state index contributed by atoms with van der Waals surface area (Å²) in [4.78, 5) is 12.3. The Balaban J connectivity index is 1.73. The van der Waals surface area contributed by atoms with Crippen molar-refractivity contribution in [1.29, 1.82) is 0 Å². The molecule has 0 atom stereocenters. The van der Waals surface area contributed by atoms with Gasteiger partial charge >= 0.3 is 0 Å². The van der Waals surface area contributed by atoms with Crippen LogP contribution in [0.15, 0.2) is 46.0 Å². The molecule has 2 aromatic carbocycles. The molecule has 0 saturated heterocycles. The Bertz CT molecular complexity index is 962. The lowest BCUT2D eigenvalue weighted by atomic mass is 10.1. The van der Waals surface area contributed by atoms with Crippen LogP contribution < -0.4 is 18.9 Å². The second kappa shape index (κ2) is 9.33. The maximum Gasteiger partial charge on any atom is 0.277 e. The maximum absolute atomic E-state index is 12.3. The molecule has 0 spiro atoms. The van der Waals surface area contributed by atoms with Gasteiger partial charge in [0, 0.05) is 11.1 Å². The summed E-state index contributed by atoms with van der Waals surface area (Å²) in [5.41, 5.74) is 1.20. The Morgan fingerprint density at radius 1 is 0.931 bits per heavy atom. The van der Waals surface area contributed by atoms with Crippen LogP contribution in [0.2, 0.25) is 0 Å². The highest BCUT2D eigenvalue weighted by Gasteiger charge is 2.18. The van der Waals surface area contributed by atoms with Gasteiger partial charge in [-0.05, 0) is 36.4 Å². The topological polar surface area (TPSA) is 92.9 Å². The fourth-order valence-corrected chi connectivity index (χ4v) is 3.23. The van der Waals surface area contributed by atoms with Crippen LogP contribution in [0.4, 0.5) is 0 Å². The molecule has 0 aliphatic heterocycles. The molecule has 0 N–H and O–H groups in total. The van der Waals surface area contributed by atoms with Crippen LogP contribution in [0.3, 0.4) is 0 Å². The van der Waals surface area contributed by atoms with Gasteiger partial charge in [0.05, 0.1) is 34.2 Å². The van der Waals surface area contributed by atoms with E-state index in [1.165, 1.54) is 33.1 Å². The van der Waals surface area contributed by atoms with E-state index >= 15 is 0 Å². The molecule has 0 aliphatic carbocycles. The second-order valence-corrected chi connectivity index (χ2v) is 6.65. The molecule has 9 heteroatoms. The van der Waals surface area contributed by atoms with Crippen LogP contribution in [0.5, 0.6) is 23.0 Å². The average Bonchev–Trinajstić information content (AvgIpc) is 3.25. The summed E-state index contributed by atoms with van der Waals surface area (Å²) in [6.07, 6.45) is 0. The van der Waals surface area contributed by atoms with Crippen molar-refractivity contribution in [3.05, 3.63) is 42.0 Å². The molecule has 0 aliphatic rings. The number of thioether (sulfide) groups is 1. The third-order valence-corrected chi connectivity index (χ3v) is 4.88. The molecule has 8 nitrogen and oxygen atoms in total. The van der Waals surface area contributed by atoms with Crippen molar-refractivity contribution in [2.24, 2.45) is 0 Å². The normalized spacial score (nSPS) is 10.5. The van der Waals surface area contributed by atoms with Crippen LogP contribution in [0.25, 0.3) is 11.5 Å². The average molecular weight is 416 g/mol. The van der Waals surface area contributed by atoms with Crippen molar-refractivity contribution < 1.29 is 28.2 Å². The number of hydrogen-bond acceptors (Lipinski definition) is 9. The van der Waals surface area contributed by atoms with Crippen molar-refractivity contribution in [3.63, 3.8) is 0 Å². The van der Waals surface area contributed by atoms with Crippen molar-refractivity contribution >= 4 is 17.5 Å². The van der Waals surface area contributed by atoms with Gasteiger partial charge in [-0.15, -0.1) is 10.2 Å². The number of hydrogen-bond donors (Lipinski definition) is 0. The lowest BCUT2D eigenvalue weighted by Gasteiger charge is -2.12. The Kier molecular flexibility index (Phi) is 6.61. The number of nitrogens with zero attached hydrogens (tertiary/aromatic N) is 2. The molecule has 3 aromatic rings. The first kappa shape index (κ1) is 20.5. The van der Waals surface area contributed by atoms with E-state index in [-0.39, 0.29) is 22.6 Å². The minimum Gasteiger partial charge on any atom is -0.497 e. The molecule has 0 unspecified atom stereocenters. The van der Waals surface area contributed by atoms with E-state index in [1.54, 1.807) is 43.5 Å². The fraction of sp³-hybridized carbons (Fsp3) is 0.250. The summed E-state index contributed by atoms with van der Waals surface area (Å²) in [6.45, 7) is 0. The summed E-state index contributed by atoms with van der Waals surface area (Å²) in [7, 11) is 6.16. The van der Waals surface area contributed by atoms with E-state index in [0.717, 1.165) is 0 Å². The quantitative estimate of drug-likeness (QED) is 0.382. The molecular weight excluding hydrogens is 396 g/mol. The Morgan fingerprint density at radius 3 is 2.14 bits per heavy atom. The van der Waals surface area contributed by atoms with Crippen LogP contribution in [-0.4, -0.2) is 50.2 Å². The van der Waals surface area contributed by atoms with Gasteiger partial charge < -0.3 is 23.4 Å². The highest BCUT2D eigenvalue weighted by molar-refractivity contribution is 7.99. The fourth-order valence-electron chi connectivity index (χ4n) is 2.58. The Morgan fingerprint density at radius 2 is 1.59 bits per heavy atom. The lowest BCUT2D eigenvalue weighted by Crippen LogP contribution is -2.02. The predicted octanol–water partition coefficient (Wildman–Crippen LogP) is 3.75. The van der Waals surface area contributed by atoms with E-state index < -0.39 is 0 Å². The molecule has 152 valence electrons. The van der Waals surface area contributed by atoms with E-state index in [0.29, 0.717) is 34.1 Å². The maximum atomic E-state index is 12.3. The molecule has 1 aromatic heterocycles. The number of Topliss-reactive ketones (excluding diaryl/α,β-unsaturated/α-hetero) is 1. The number of carbonyl (C=O) groups is 1. The molecule has 0 amide bonds. The molecule has 0 radical (unpaired) electrons. The summed E-state index contributed by atoms with van der Waals surface area (Å²) in [6, 6.07) is 10.4. The van der Waals surface area contributed by atoms with E-state index in [4.69, 9.17) is 23.4 Å². The lowest BCUT2D eigenvalue weighted by molar-refractivity contribution is 0.102. The van der Waals surface area contributed by atoms with Gasteiger partial charge in [0.2, 0.25) is 11.6 Å². The zero-order chi connectivity index (χ0) is 20.8. The van der Waals surface area contributed by atoms with Gasteiger partial charge in [0.25, 0.3) is 5.22 Å². The van der Waals surface area contributed by atoms with Gasteiger partial charge in [0.1, 0.15) is 5.75 Å². The van der Waals surface area contributed by atoms with Gasteiger partial charge in [-0.25, -0.2) is 0 Å². The van der Waals surface area contributed by atoms with Gasteiger partial charge in [-0.2, -0.15) is 0 Å². The monoisotopic (exact) mass is 416 g/mol. The highest BCUT2D eigenvalue weighted by Crippen LogP contribution is 2.41. The third kappa shape index (κ3) is 4.62. The minimum absolute atomic E-state index is 0.0508. The smallest absolute Gasteiger partial charge is 0.277 e. The van der Waals surface area contributed by atoms with Crippen LogP contribution in [0, 0.1) is 0 Å². The number of aromatic nitrogens is 2. The number of benzene rings is 2. The van der Waals surface area contributed by atoms with E-state index in [2.05, 4.69) is 10.2 Å². The van der Waals surface area contributed by atoms with E-state index in [9.17, 15) is 4.79 Å². The molecule has 0 saturated carbocycles. The molecule has 29 heavy (non-hydrogen) atoms. The molecule has 1 heterocycles. The number of carbonyl (C=O) groups excluding carboxylic acids is 1. The summed E-state index contributed by atoms with van der Waals surface area (Å²) in [5, 5.41) is 8.34. The first-order valence-corrected chi connectivity index (χ1v) is 9.52. The number of ether oxygens (including phenoxy) is 4. The van der Waals surface area contributed by atoms with Crippen molar-refractivity contribution in [3.8, 4) is 34.5 Å². The van der Waals surface area contributed by atoms with Crippen molar-refractivity contribution in [1.82, 2.24) is 10.2 Å². The minimum atomic E-state index is -0.0508. The van der Waals surface area contributed by atoms with Gasteiger partial charge in [-0.1, -0.05) is 11.8 Å². The number of rotatable bonds is 9. The first-order chi connectivity index (χ1) is 14.1. The predicted molar refractivity (Wildman–Crippen MR) is 107 cm³/mol. The molecule has 3 rings (SSSR count). The second-order valence-electron chi connectivity index (χ2n) is 5.73. The molecule has 0 bridgehead atoms. The summed E-state index contributed by atoms with van der Waals surface area (Å²) in [5.74, 6) is 2.52. The summed E-state index contributed by atoms with van der Waals surface area (Å²) < 4.78 is 26.8. The van der Waals surface area contributed by atoms with Crippen molar-refractivity contribution in [2.45, 2.75) is 5.22 Å². The number of ketones is 1. The van der Waals surface area contributed by atoms with E-state index in [1.807, 2.05) is 0 Å². The SMILES string of the molecule is COc1ccc(C(=O)CSc2nnc(-c3cc(OC)c(OC)c(OC)c3)o2)cc1. The zero-order valence-corrected chi connectivity index (χ0v) is 17.2. The number of methoxy groups -OCH3 is 4. The Hall–Kier alpha value is -3.20. The first-order valence-electron chi connectivity index (χ1n) is 8.53. The largest absolute Gasteiger partial charge is 0.497 e. The Labute approximate surface area is 172 Å². The van der Waals surface area contributed by atoms with Gasteiger partial charge in [0.15, 0.2) is 17.3 Å². The molecule has 0 fully saturated rings. The molecular formula is C20H20N2O6S. The third-order valence-electron chi connectivity index (χ3n) is 4.06. The van der Waals surface area contributed by atoms with Crippen molar-refractivity contribution in [2.75, 3.05) is 34.2 Å². The zero-order valence-electron chi connectivity index (χ0n) is 16.4. The summed E-state index contributed by atoms with van der Waals surface area (Å²) >= 11 is 1.17. The van der Waals surface area contributed by atoms with Crippen LogP contribution >= 0.6 is 11.8 Å². The standard InChI is InChI=1S/C20H20N2O6S/c1-24-14-7-5-12(6-8-14)15(23)11-29-20-22-21-19(28-20)13-9-16(25-2)18(27-4)17(10-13)26-3/h5-10H,11H2,1-4H3. The highest BCUT2D eigenvalue weighted by atomic mass is 32.2. The van der Waals surface area contributed by atoms with Crippen LogP contribution in [-0.2, 0) is 0 Å². The van der Waals surface area contributed by atoms with Gasteiger partial charge in [-0.3, -0.25) is 4.79 Å².